The van der Waals surface area contributed by atoms with Crippen molar-refractivity contribution in [2.75, 3.05) is 18.6 Å². The van der Waals surface area contributed by atoms with Crippen LogP contribution in [0.5, 0.6) is 5.75 Å². The fraction of sp³-hybridized carbons (Fsp3) is 0.375. The Morgan fingerprint density at radius 2 is 1.94 bits per heavy atom. The van der Waals surface area contributed by atoms with Crippen LogP contribution < -0.4 is 10.1 Å². The molecule has 0 radical (unpaired) electrons. The Kier molecular flexibility index (Phi) is 7.10. The zero-order valence-corrected chi connectivity index (χ0v) is 18.3. The molecule has 1 amide bonds. The number of nitrogens with zero attached hydrogens (tertiary/aromatic N) is 2. The van der Waals surface area contributed by atoms with E-state index in [1.54, 1.807) is 12.1 Å². The zero-order chi connectivity index (χ0) is 22.5. The molecule has 2 aromatic carbocycles. The molecule has 7 heteroatoms. The number of rotatable bonds is 6. The van der Waals surface area contributed by atoms with E-state index in [1.807, 2.05) is 43.9 Å². The molecule has 0 aliphatic carbocycles. The Bertz CT molecular complexity index is 986. The van der Waals surface area contributed by atoms with E-state index in [-0.39, 0.29) is 30.5 Å². The Labute approximate surface area is 182 Å². The van der Waals surface area contributed by atoms with Crippen LogP contribution in [0.1, 0.15) is 31.9 Å². The highest BCUT2D eigenvalue weighted by atomic mass is 19.1. The van der Waals surface area contributed by atoms with Crippen LogP contribution in [-0.4, -0.2) is 47.0 Å². The van der Waals surface area contributed by atoms with Gasteiger partial charge in [0.15, 0.2) is 0 Å². The van der Waals surface area contributed by atoms with Gasteiger partial charge in [0.1, 0.15) is 29.9 Å². The molecule has 0 spiro atoms. The molecule has 2 atom stereocenters. The van der Waals surface area contributed by atoms with Gasteiger partial charge in [0, 0.05) is 26.1 Å². The second-order valence-electron chi connectivity index (χ2n) is 7.99. The third kappa shape index (κ3) is 5.51. The lowest BCUT2D eigenvalue weighted by molar-refractivity contribution is -0.114. The van der Waals surface area contributed by atoms with Crippen molar-refractivity contribution in [1.29, 1.82) is 0 Å². The van der Waals surface area contributed by atoms with Crippen LogP contribution in [0, 0.1) is 12.7 Å². The number of hydrogen-bond donors (Lipinski definition) is 1. The maximum atomic E-state index is 13.2. The number of hydrogen-bond acceptors (Lipinski definition) is 5. The van der Waals surface area contributed by atoms with Gasteiger partial charge in [-0.15, -0.1) is 0 Å². The van der Waals surface area contributed by atoms with Gasteiger partial charge in [-0.25, -0.2) is 9.18 Å². The van der Waals surface area contributed by atoms with Crippen molar-refractivity contribution in [2.24, 2.45) is 0 Å². The van der Waals surface area contributed by atoms with Gasteiger partial charge in [0.25, 0.3) is 0 Å². The van der Waals surface area contributed by atoms with Gasteiger partial charge in [-0.3, -0.25) is 9.69 Å². The van der Waals surface area contributed by atoms with Crippen molar-refractivity contribution in [3.63, 3.8) is 0 Å². The summed E-state index contributed by atoms with van der Waals surface area (Å²) in [4.78, 5) is 27.4. The Balaban J connectivity index is 1.72. The van der Waals surface area contributed by atoms with Crippen LogP contribution in [0.15, 0.2) is 48.2 Å². The standard InChI is InChI=1S/C24H28FN3O3/c1-16-5-10-22(26-19(4)30)24(11-16)31-15-27-12-17(2)28(23(14-29)18(27)3)13-20-6-8-21(25)9-7-20/h5-11,17-18H,12-13,15H2,1-4H3,(H,26,30)/t17-,18+/m1/s1. The predicted molar refractivity (Wildman–Crippen MR) is 118 cm³/mol. The van der Waals surface area contributed by atoms with Crippen molar-refractivity contribution in [1.82, 2.24) is 9.80 Å². The molecule has 1 fully saturated rings. The topological polar surface area (TPSA) is 61.9 Å². The fourth-order valence-electron chi connectivity index (χ4n) is 3.78. The van der Waals surface area contributed by atoms with E-state index in [1.165, 1.54) is 19.1 Å². The monoisotopic (exact) mass is 425 g/mol. The van der Waals surface area contributed by atoms with Gasteiger partial charge in [-0.05, 0) is 56.2 Å². The van der Waals surface area contributed by atoms with E-state index in [4.69, 9.17) is 4.74 Å². The predicted octanol–water partition coefficient (Wildman–Crippen LogP) is 3.74. The van der Waals surface area contributed by atoms with E-state index < -0.39 is 0 Å². The number of carbonyl (C=O) groups is 1. The molecule has 0 aromatic heterocycles. The third-order valence-electron chi connectivity index (χ3n) is 5.49. The van der Waals surface area contributed by atoms with Crippen molar-refractivity contribution < 1.29 is 18.7 Å². The number of carbonyl (C=O) groups excluding carboxylic acids is 2. The van der Waals surface area contributed by atoms with E-state index in [2.05, 4.69) is 16.2 Å². The first kappa shape index (κ1) is 22.5. The Hall–Kier alpha value is -3.15. The van der Waals surface area contributed by atoms with Gasteiger partial charge < -0.3 is 15.0 Å². The molecule has 0 bridgehead atoms. The molecule has 0 unspecified atom stereocenters. The summed E-state index contributed by atoms with van der Waals surface area (Å²) in [5.74, 6) is 2.23. The maximum absolute atomic E-state index is 13.2. The maximum Gasteiger partial charge on any atom is 0.221 e. The zero-order valence-electron chi connectivity index (χ0n) is 18.3. The molecule has 1 aliphatic heterocycles. The summed E-state index contributed by atoms with van der Waals surface area (Å²) in [6.07, 6.45) is 0. The van der Waals surface area contributed by atoms with Crippen LogP contribution in [0.25, 0.3) is 0 Å². The number of ether oxygens (including phenoxy) is 1. The number of nitrogens with one attached hydrogen (secondary N) is 1. The summed E-state index contributed by atoms with van der Waals surface area (Å²) in [5, 5.41) is 2.78. The van der Waals surface area contributed by atoms with Crippen molar-refractivity contribution in [3.8, 4) is 5.75 Å². The summed E-state index contributed by atoms with van der Waals surface area (Å²) >= 11 is 0. The van der Waals surface area contributed by atoms with Gasteiger partial charge in [0.2, 0.25) is 5.91 Å². The van der Waals surface area contributed by atoms with Gasteiger partial charge >= 0.3 is 0 Å². The van der Waals surface area contributed by atoms with Crippen molar-refractivity contribution in [2.45, 2.75) is 46.3 Å². The minimum absolute atomic E-state index is 0.0358. The van der Waals surface area contributed by atoms with E-state index in [9.17, 15) is 14.0 Å². The highest BCUT2D eigenvalue weighted by Gasteiger charge is 2.34. The summed E-state index contributed by atoms with van der Waals surface area (Å²) in [6, 6.07) is 11.7. The number of anilines is 1. The first-order valence-electron chi connectivity index (χ1n) is 10.3. The molecule has 3 rings (SSSR count). The van der Waals surface area contributed by atoms with Crippen molar-refractivity contribution in [3.05, 3.63) is 65.1 Å². The number of benzene rings is 2. The van der Waals surface area contributed by atoms with Crippen LogP contribution in [0.2, 0.25) is 0 Å². The second-order valence-corrected chi connectivity index (χ2v) is 7.99. The van der Waals surface area contributed by atoms with Crippen molar-refractivity contribution >= 4 is 17.5 Å². The van der Waals surface area contributed by atoms with Gasteiger partial charge in [0.05, 0.1) is 11.7 Å². The minimum Gasteiger partial charge on any atom is -0.476 e. The SMILES string of the molecule is CC(=O)Nc1ccc(C)cc1OCN1C[C@@H](C)N(Cc2ccc(F)cc2)C(=C=O)[C@@H]1C. The highest BCUT2D eigenvalue weighted by Crippen LogP contribution is 2.29. The normalized spacial score (nSPS) is 19.1. The first-order valence-corrected chi connectivity index (χ1v) is 10.3. The molecular formula is C24H28FN3O3. The molecule has 1 aliphatic rings. The van der Waals surface area contributed by atoms with E-state index >= 15 is 0 Å². The molecule has 6 nitrogen and oxygen atoms in total. The summed E-state index contributed by atoms with van der Waals surface area (Å²) in [6.45, 7) is 8.83. The third-order valence-corrected chi connectivity index (χ3v) is 5.49. The molecule has 164 valence electrons. The van der Waals surface area contributed by atoms with Crippen LogP contribution in [-0.2, 0) is 16.1 Å². The fourth-order valence-corrected chi connectivity index (χ4v) is 3.78. The number of amides is 1. The smallest absolute Gasteiger partial charge is 0.221 e. The summed E-state index contributed by atoms with van der Waals surface area (Å²) < 4.78 is 19.3. The van der Waals surface area contributed by atoms with Crippen LogP contribution in [0.4, 0.5) is 10.1 Å². The molecule has 1 N–H and O–H groups in total. The van der Waals surface area contributed by atoms with Gasteiger partial charge in [-0.2, -0.15) is 0 Å². The second kappa shape index (κ2) is 9.77. The van der Waals surface area contributed by atoms with Crippen LogP contribution >= 0.6 is 0 Å². The molecule has 31 heavy (non-hydrogen) atoms. The highest BCUT2D eigenvalue weighted by molar-refractivity contribution is 5.90. The molecule has 0 saturated carbocycles. The van der Waals surface area contributed by atoms with Gasteiger partial charge in [-0.1, -0.05) is 18.2 Å². The van der Waals surface area contributed by atoms with E-state index in [0.29, 0.717) is 30.2 Å². The number of halogens is 1. The average molecular weight is 426 g/mol. The minimum atomic E-state index is -0.284. The summed E-state index contributed by atoms with van der Waals surface area (Å²) in [5.41, 5.74) is 3.10. The molecular weight excluding hydrogens is 397 g/mol. The molecule has 1 heterocycles. The summed E-state index contributed by atoms with van der Waals surface area (Å²) in [7, 11) is 0. The average Bonchev–Trinajstić information content (AvgIpc) is 2.72. The lowest BCUT2D eigenvalue weighted by atomic mass is 10.0. The van der Waals surface area contributed by atoms with E-state index in [0.717, 1.165) is 11.1 Å². The first-order chi connectivity index (χ1) is 14.8. The lowest BCUT2D eigenvalue weighted by Crippen LogP contribution is -2.55. The molecule has 2 aromatic rings. The molecule has 1 saturated heterocycles. The number of piperazine rings is 1. The largest absolute Gasteiger partial charge is 0.476 e. The number of aryl methyl sites for hydroxylation is 1. The van der Waals surface area contributed by atoms with Crippen LogP contribution in [0.3, 0.4) is 0 Å². The Morgan fingerprint density at radius 1 is 1.23 bits per heavy atom. The lowest BCUT2D eigenvalue weighted by Gasteiger charge is -2.45. The quantitative estimate of drug-likeness (QED) is 0.715. The Morgan fingerprint density at radius 3 is 2.58 bits per heavy atom.